The van der Waals surface area contributed by atoms with Crippen LogP contribution in [0.5, 0.6) is 0 Å². The maximum absolute atomic E-state index is 4.24. The Balaban J connectivity index is 2.95. The maximum Gasteiger partial charge on any atom is 0.0603 e. The van der Waals surface area contributed by atoms with Crippen molar-refractivity contribution in [2.24, 2.45) is 0 Å². The van der Waals surface area contributed by atoms with Crippen molar-refractivity contribution in [1.82, 2.24) is 10.3 Å². The van der Waals surface area contributed by atoms with Crippen molar-refractivity contribution in [3.63, 3.8) is 0 Å². The number of nitrogens with zero attached hydrogens (tertiary/aromatic N) is 2. The SMILES string of the molecule is C=CCN(c1cnccc1CNCC)C(C)C. The fraction of sp³-hybridized carbons (Fsp3) is 0.500. The summed E-state index contributed by atoms with van der Waals surface area (Å²) >= 11 is 0. The third-order valence-electron chi connectivity index (χ3n) is 2.71. The predicted octanol–water partition coefficient (Wildman–Crippen LogP) is 2.59. The first-order valence-corrected chi connectivity index (χ1v) is 6.21. The van der Waals surface area contributed by atoms with Crippen LogP contribution < -0.4 is 10.2 Å². The average Bonchev–Trinajstić information content (AvgIpc) is 2.33. The number of hydrogen-bond donors (Lipinski definition) is 1. The zero-order valence-corrected chi connectivity index (χ0v) is 11.1. The molecule has 0 aliphatic rings. The van der Waals surface area contributed by atoms with E-state index in [2.05, 4.69) is 48.6 Å². The normalized spacial score (nSPS) is 10.6. The highest BCUT2D eigenvalue weighted by Crippen LogP contribution is 2.21. The second kappa shape index (κ2) is 7.07. The van der Waals surface area contributed by atoms with Crippen LogP contribution in [0.15, 0.2) is 31.1 Å². The molecule has 0 unspecified atom stereocenters. The number of nitrogens with one attached hydrogen (secondary N) is 1. The lowest BCUT2D eigenvalue weighted by molar-refractivity contribution is 0.693. The Labute approximate surface area is 105 Å². The first-order valence-electron chi connectivity index (χ1n) is 6.21. The number of rotatable bonds is 7. The van der Waals surface area contributed by atoms with Crippen molar-refractivity contribution in [3.8, 4) is 0 Å². The van der Waals surface area contributed by atoms with E-state index >= 15 is 0 Å². The van der Waals surface area contributed by atoms with Gasteiger partial charge in [-0.2, -0.15) is 0 Å². The topological polar surface area (TPSA) is 28.2 Å². The van der Waals surface area contributed by atoms with Crippen LogP contribution in [0.2, 0.25) is 0 Å². The van der Waals surface area contributed by atoms with E-state index in [-0.39, 0.29) is 0 Å². The van der Waals surface area contributed by atoms with Gasteiger partial charge in [0.15, 0.2) is 0 Å². The Bertz CT molecular complexity index is 347. The molecule has 3 nitrogen and oxygen atoms in total. The van der Waals surface area contributed by atoms with Crippen LogP contribution in [-0.2, 0) is 6.54 Å². The molecular weight excluding hydrogens is 210 g/mol. The van der Waals surface area contributed by atoms with Crippen LogP contribution >= 0.6 is 0 Å². The molecule has 0 aliphatic heterocycles. The van der Waals surface area contributed by atoms with Crippen LogP contribution in [0.4, 0.5) is 5.69 Å². The van der Waals surface area contributed by atoms with Crippen molar-refractivity contribution in [3.05, 3.63) is 36.7 Å². The Hall–Kier alpha value is -1.35. The Morgan fingerprint density at radius 3 is 2.88 bits per heavy atom. The standard InChI is InChI=1S/C14H23N3/c1-5-9-17(12(3)4)14-11-16-8-7-13(14)10-15-6-2/h5,7-8,11-12,15H,1,6,9-10H2,2-4H3. The van der Waals surface area contributed by atoms with Gasteiger partial charge >= 0.3 is 0 Å². The van der Waals surface area contributed by atoms with Crippen molar-refractivity contribution >= 4 is 5.69 Å². The highest BCUT2D eigenvalue weighted by molar-refractivity contribution is 5.52. The lowest BCUT2D eigenvalue weighted by atomic mass is 10.1. The van der Waals surface area contributed by atoms with Crippen LogP contribution in [0, 0.1) is 0 Å². The smallest absolute Gasteiger partial charge is 0.0603 e. The van der Waals surface area contributed by atoms with Crippen molar-refractivity contribution in [2.75, 3.05) is 18.0 Å². The van der Waals surface area contributed by atoms with E-state index in [9.17, 15) is 0 Å². The van der Waals surface area contributed by atoms with Gasteiger partial charge in [-0.15, -0.1) is 6.58 Å². The number of aromatic nitrogens is 1. The lowest BCUT2D eigenvalue weighted by Gasteiger charge is -2.29. The molecule has 94 valence electrons. The fourth-order valence-electron chi connectivity index (χ4n) is 1.81. The molecule has 0 saturated carbocycles. The zero-order chi connectivity index (χ0) is 12.7. The predicted molar refractivity (Wildman–Crippen MR) is 74.3 cm³/mol. The summed E-state index contributed by atoms with van der Waals surface area (Å²) in [5.41, 5.74) is 2.49. The minimum atomic E-state index is 0.442. The second-order valence-corrected chi connectivity index (χ2v) is 4.32. The summed E-state index contributed by atoms with van der Waals surface area (Å²) in [6, 6.07) is 2.52. The molecule has 1 N–H and O–H groups in total. The number of anilines is 1. The van der Waals surface area contributed by atoms with Gasteiger partial charge in [0, 0.05) is 25.3 Å². The van der Waals surface area contributed by atoms with Crippen molar-refractivity contribution in [2.45, 2.75) is 33.4 Å². The summed E-state index contributed by atoms with van der Waals surface area (Å²) in [6.07, 6.45) is 5.72. The molecule has 17 heavy (non-hydrogen) atoms. The quantitative estimate of drug-likeness (QED) is 0.734. The van der Waals surface area contributed by atoms with Gasteiger partial charge in [-0.25, -0.2) is 0 Å². The molecule has 0 radical (unpaired) electrons. The van der Waals surface area contributed by atoms with E-state index in [0.29, 0.717) is 6.04 Å². The summed E-state index contributed by atoms with van der Waals surface area (Å²) in [6.45, 7) is 13.0. The highest BCUT2D eigenvalue weighted by atomic mass is 15.2. The Morgan fingerprint density at radius 2 is 2.29 bits per heavy atom. The van der Waals surface area contributed by atoms with Gasteiger partial charge < -0.3 is 10.2 Å². The largest absolute Gasteiger partial charge is 0.364 e. The number of hydrogen-bond acceptors (Lipinski definition) is 3. The fourth-order valence-corrected chi connectivity index (χ4v) is 1.81. The molecule has 3 heteroatoms. The van der Waals surface area contributed by atoms with E-state index in [1.165, 1.54) is 11.3 Å². The summed E-state index contributed by atoms with van der Waals surface area (Å²) in [5.74, 6) is 0. The molecule has 0 aliphatic carbocycles. The molecular formula is C14H23N3. The molecule has 0 bridgehead atoms. The monoisotopic (exact) mass is 233 g/mol. The summed E-state index contributed by atoms with van der Waals surface area (Å²) in [5, 5.41) is 3.36. The van der Waals surface area contributed by atoms with Gasteiger partial charge in [-0.3, -0.25) is 4.98 Å². The molecule has 0 spiro atoms. The number of pyridine rings is 1. The third-order valence-corrected chi connectivity index (χ3v) is 2.71. The Morgan fingerprint density at radius 1 is 1.53 bits per heavy atom. The van der Waals surface area contributed by atoms with Gasteiger partial charge in [0.2, 0.25) is 0 Å². The average molecular weight is 233 g/mol. The van der Waals surface area contributed by atoms with Crippen molar-refractivity contribution in [1.29, 1.82) is 0 Å². The lowest BCUT2D eigenvalue weighted by Crippen LogP contribution is -2.32. The van der Waals surface area contributed by atoms with Gasteiger partial charge in [0.05, 0.1) is 11.9 Å². The van der Waals surface area contributed by atoms with Gasteiger partial charge in [-0.1, -0.05) is 13.0 Å². The van der Waals surface area contributed by atoms with Gasteiger partial charge in [0.25, 0.3) is 0 Å². The van der Waals surface area contributed by atoms with E-state index in [4.69, 9.17) is 0 Å². The maximum atomic E-state index is 4.24. The Kier molecular flexibility index (Phi) is 5.70. The molecule has 0 saturated heterocycles. The van der Waals surface area contributed by atoms with Gasteiger partial charge in [-0.05, 0) is 32.0 Å². The minimum Gasteiger partial charge on any atom is -0.364 e. The van der Waals surface area contributed by atoms with E-state index in [0.717, 1.165) is 19.6 Å². The molecule has 0 fully saturated rings. The third kappa shape index (κ3) is 3.86. The summed E-state index contributed by atoms with van der Waals surface area (Å²) < 4.78 is 0. The molecule has 0 atom stereocenters. The van der Waals surface area contributed by atoms with Crippen LogP contribution in [0.3, 0.4) is 0 Å². The highest BCUT2D eigenvalue weighted by Gasteiger charge is 2.12. The molecule has 1 aromatic rings. The molecule has 1 rings (SSSR count). The first kappa shape index (κ1) is 13.7. The zero-order valence-electron chi connectivity index (χ0n) is 11.1. The van der Waals surface area contributed by atoms with Crippen LogP contribution in [-0.4, -0.2) is 24.1 Å². The molecule has 0 aromatic carbocycles. The molecule has 1 heterocycles. The van der Waals surface area contributed by atoms with Crippen LogP contribution in [0.25, 0.3) is 0 Å². The second-order valence-electron chi connectivity index (χ2n) is 4.32. The summed E-state index contributed by atoms with van der Waals surface area (Å²) in [4.78, 5) is 6.55. The van der Waals surface area contributed by atoms with E-state index in [1.54, 1.807) is 0 Å². The van der Waals surface area contributed by atoms with E-state index < -0.39 is 0 Å². The molecule has 0 amide bonds. The first-order chi connectivity index (χ1) is 8.20. The molecule has 1 aromatic heterocycles. The van der Waals surface area contributed by atoms with Crippen molar-refractivity contribution < 1.29 is 0 Å². The van der Waals surface area contributed by atoms with E-state index in [1.807, 2.05) is 18.5 Å². The minimum absolute atomic E-state index is 0.442. The summed E-state index contributed by atoms with van der Waals surface area (Å²) in [7, 11) is 0. The van der Waals surface area contributed by atoms with Crippen LogP contribution in [0.1, 0.15) is 26.3 Å². The van der Waals surface area contributed by atoms with Gasteiger partial charge in [0.1, 0.15) is 0 Å².